The molecule has 0 amide bonds. The monoisotopic (exact) mass is 236 g/mol. The van der Waals surface area contributed by atoms with Gasteiger partial charge in [-0.1, -0.05) is 49.6 Å². The van der Waals surface area contributed by atoms with E-state index in [1.807, 2.05) is 6.07 Å². The van der Waals surface area contributed by atoms with Crippen LogP contribution in [0, 0.1) is 0 Å². The first-order chi connectivity index (χ1) is 7.76. The van der Waals surface area contributed by atoms with E-state index in [9.17, 15) is 5.11 Å². The molecule has 1 aromatic carbocycles. The molecule has 2 rings (SSSR count). The molecule has 0 aromatic heterocycles. The van der Waals surface area contributed by atoms with Gasteiger partial charge < -0.3 is 5.11 Å². The van der Waals surface area contributed by atoms with Gasteiger partial charge in [0.05, 0.1) is 10.9 Å². The lowest BCUT2D eigenvalue weighted by atomic mass is 9.80. The van der Waals surface area contributed by atoms with Crippen molar-refractivity contribution >= 4 is 11.8 Å². The third-order valence-electron chi connectivity index (χ3n) is 3.55. The van der Waals surface area contributed by atoms with Gasteiger partial charge in [0.25, 0.3) is 0 Å². The summed E-state index contributed by atoms with van der Waals surface area (Å²) in [6.45, 7) is 0. The molecule has 1 unspecified atom stereocenters. The van der Waals surface area contributed by atoms with Gasteiger partial charge in [0.2, 0.25) is 0 Å². The second-order valence-electron chi connectivity index (χ2n) is 4.69. The summed E-state index contributed by atoms with van der Waals surface area (Å²) in [5, 5.41) is 11.0. The van der Waals surface area contributed by atoms with E-state index in [0.717, 1.165) is 12.8 Å². The maximum Gasteiger partial charge on any atom is 0.0806 e. The van der Waals surface area contributed by atoms with E-state index in [1.165, 1.54) is 24.8 Å². The topological polar surface area (TPSA) is 20.2 Å². The number of benzene rings is 1. The molecule has 0 heterocycles. The Balaban J connectivity index is 2.21. The summed E-state index contributed by atoms with van der Waals surface area (Å²) in [7, 11) is 0. The van der Waals surface area contributed by atoms with Crippen molar-refractivity contribution in [3.05, 3.63) is 35.9 Å². The molecule has 88 valence electrons. The van der Waals surface area contributed by atoms with Crippen LogP contribution in [0.5, 0.6) is 0 Å². The minimum atomic E-state index is -0.487. The third-order valence-corrected chi connectivity index (χ3v) is 4.73. The predicted molar refractivity (Wildman–Crippen MR) is 70.7 cm³/mol. The highest BCUT2D eigenvalue weighted by Crippen LogP contribution is 2.45. The molecule has 2 heteroatoms. The van der Waals surface area contributed by atoms with E-state index in [4.69, 9.17) is 0 Å². The first-order valence-corrected chi connectivity index (χ1v) is 7.35. The van der Waals surface area contributed by atoms with Gasteiger partial charge >= 0.3 is 0 Å². The average molecular weight is 236 g/mol. The molecule has 1 aliphatic rings. The Labute approximate surface area is 102 Å². The van der Waals surface area contributed by atoms with Gasteiger partial charge in [-0.3, -0.25) is 0 Å². The van der Waals surface area contributed by atoms with Crippen LogP contribution in [0.4, 0.5) is 0 Å². The molecule has 1 N–H and O–H groups in total. The second-order valence-corrected chi connectivity index (χ2v) is 5.63. The standard InChI is InChI=1S/C14H20OS/c1-16-13(12-8-4-2-5-9-12)14(15)10-6-3-7-11-14/h2,4-5,8-9,13,15H,3,6-7,10-11H2,1H3. The summed E-state index contributed by atoms with van der Waals surface area (Å²) < 4.78 is 0. The Kier molecular flexibility index (Phi) is 3.93. The van der Waals surface area contributed by atoms with Gasteiger partial charge in [-0.25, -0.2) is 0 Å². The van der Waals surface area contributed by atoms with Gasteiger partial charge in [0.1, 0.15) is 0 Å². The van der Waals surface area contributed by atoms with Crippen molar-refractivity contribution in [2.24, 2.45) is 0 Å². The van der Waals surface area contributed by atoms with Gasteiger partial charge in [0, 0.05) is 0 Å². The lowest BCUT2D eigenvalue weighted by molar-refractivity contribution is 0.00173. The van der Waals surface area contributed by atoms with Crippen molar-refractivity contribution in [3.63, 3.8) is 0 Å². The highest BCUT2D eigenvalue weighted by Gasteiger charge is 2.38. The first-order valence-electron chi connectivity index (χ1n) is 6.06. The number of thioether (sulfide) groups is 1. The number of aliphatic hydroxyl groups is 1. The first kappa shape index (κ1) is 12.0. The summed E-state index contributed by atoms with van der Waals surface area (Å²) in [4.78, 5) is 0. The Hall–Kier alpha value is -0.470. The zero-order chi connectivity index (χ0) is 11.4. The molecule has 0 aliphatic heterocycles. The molecule has 1 saturated carbocycles. The molecule has 16 heavy (non-hydrogen) atoms. The third kappa shape index (κ3) is 2.44. The molecule has 0 radical (unpaired) electrons. The molecule has 1 atom stereocenters. The number of hydrogen-bond acceptors (Lipinski definition) is 2. The van der Waals surface area contributed by atoms with E-state index < -0.39 is 5.60 Å². The van der Waals surface area contributed by atoms with Gasteiger partial charge in [-0.2, -0.15) is 11.8 Å². The predicted octanol–water partition coefficient (Wildman–Crippen LogP) is 3.79. The summed E-state index contributed by atoms with van der Waals surface area (Å²) in [6, 6.07) is 10.4. The highest BCUT2D eigenvalue weighted by molar-refractivity contribution is 7.98. The van der Waals surface area contributed by atoms with E-state index >= 15 is 0 Å². The van der Waals surface area contributed by atoms with Gasteiger partial charge in [0.15, 0.2) is 0 Å². The summed E-state index contributed by atoms with van der Waals surface area (Å²) in [5.74, 6) is 0. The fourth-order valence-corrected chi connectivity index (χ4v) is 3.82. The Morgan fingerprint density at radius 3 is 2.31 bits per heavy atom. The van der Waals surface area contributed by atoms with Crippen molar-refractivity contribution in [3.8, 4) is 0 Å². The molecule has 0 bridgehead atoms. The van der Waals surface area contributed by atoms with Crippen LogP contribution in [0.1, 0.15) is 42.9 Å². The number of hydrogen-bond donors (Lipinski definition) is 1. The van der Waals surface area contributed by atoms with Crippen LogP contribution >= 0.6 is 11.8 Å². The van der Waals surface area contributed by atoms with Gasteiger partial charge in [-0.15, -0.1) is 0 Å². The quantitative estimate of drug-likeness (QED) is 0.861. The lowest BCUT2D eigenvalue weighted by Crippen LogP contribution is -2.36. The second kappa shape index (κ2) is 5.24. The maximum atomic E-state index is 10.8. The molecular weight excluding hydrogens is 216 g/mol. The molecule has 1 fully saturated rings. The van der Waals surface area contributed by atoms with Crippen molar-refractivity contribution in [2.75, 3.05) is 6.26 Å². The highest BCUT2D eigenvalue weighted by atomic mass is 32.2. The van der Waals surface area contributed by atoms with Crippen LogP contribution in [0.2, 0.25) is 0 Å². The minimum Gasteiger partial charge on any atom is -0.388 e. The lowest BCUT2D eigenvalue weighted by Gasteiger charge is -2.38. The average Bonchev–Trinajstić information content (AvgIpc) is 2.32. The summed E-state index contributed by atoms with van der Waals surface area (Å²) in [6.07, 6.45) is 7.62. The van der Waals surface area contributed by atoms with Crippen LogP contribution in [-0.4, -0.2) is 17.0 Å². The Bertz CT molecular complexity index is 317. The van der Waals surface area contributed by atoms with Gasteiger partial charge in [-0.05, 0) is 24.7 Å². The molecule has 1 aliphatic carbocycles. The molecule has 0 spiro atoms. The fraction of sp³-hybridized carbons (Fsp3) is 0.571. The van der Waals surface area contributed by atoms with Crippen molar-refractivity contribution in [2.45, 2.75) is 43.0 Å². The maximum absolute atomic E-state index is 10.8. The van der Waals surface area contributed by atoms with Crippen molar-refractivity contribution in [1.29, 1.82) is 0 Å². The van der Waals surface area contributed by atoms with Crippen LogP contribution in [-0.2, 0) is 0 Å². The van der Waals surface area contributed by atoms with Crippen LogP contribution in [0.3, 0.4) is 0 Å². The van der Waals surface area contributed by atoms with Crippen LogP contribution < -0.4 is 0 Å². The Morgan fingerprint density at radius 2 is 1.75 bits per heavy atom. The number of rotatable bonds is 3. The molecule has 1 nitrogen and oxygen atoms in total. The fourth-order valence-electron chi connectivity index (χ4n) is 2.72. The summed E-state index contributed by atoms with van der Waals surface area (Å²) >= 11 is 1.78. The van der Waals surface area contributed by atoms with Crippen LogP contribution in [0.15, 0.2) is 30.3 Å². The summed E-state index contributed by atoms with van der Waals surface area (Å²) in [5.41, 5.74) is 0.776. The van der Waals surface area contributed by atoms with E-state index in [1.54, 1.807) is 11.8 Å². The van der Waals surface area contributed by atoms with E-state index in [0.29, 0.717) is 0 Å². The van der Waals surface area contributed by atoms with E-state index in [2.05, 4.69) is 30.5 Å². The molecular formula is C14H20OS. The van der Waals surface area contributed by atoms with E-state index in [-0.39, 0.29) is 5.25 Å². The largest absolute Gasteiger partial charge is 0.388 e. The zero-order valence-corrected chi connectivity index (χ0v) is 10.7. The van der Waals surface area contributed by atoms with Crippen molar-refractivity contribution < 1.29 is 5.11 Å². The molecule has 1 aromatic rings. The van der Waals surface area contributed by atoms with Crippen molar-refractivity contribution in [1.82, 2.24) is 0 Å². The zero-order valence-electron chi connectivity index (χ0n) is 9.86. The Morgan fingerprint density at radius 1 is 1.12 bits per heavy atom. The van der Waals surface area contributed by atoms with Crippen LogP contribution in [0.25, 0.3) is 0 Å². The SMILES string of the molecule is CSC(c1ccccc1)C1(O)CCCCC1. The normalized spacial score (nSPS) is 21.6. The smallest absolute Gasteiger partial charge is 0.0806 e. The molecule has 0 saturated heterocycles. The minimum absolute atomic E-state index is 0.231.